The van der Waals surface area contributed by atoms with E-state index < -0.39 is 0 Å². The average Bonchev–Trinajstić information content (AvgIpc) is 2.39. The Morgan fingerprint density at radius 3 is 2.86 bits per heavy atom. The molecule has 14 heavy (non-hydrogen) atoms. The van der Waals surface area contributed by atoms with E-state index in [0.717, 1.165) is 12.6 Å². The van der Waals surface area contributed by atoms with Crippen LogP contribution in [0.3, 0.4) is 0 Å². The third kappa shape index (κ3) is 3.95. The second-order valence-corrected chi connectivity index (χ2v) is 4.47. The summed E-state index contributed by atoms with van der Waals surface area (Å²) in [5.41, 5.74) is 0. The molecule has 1 rings (SSSR count). The van der Waals surface area contributed by atoms with Crippen molar-refractivity contribution in [3.8, 4) is 0 Å². The summed E-state index contributed by atoms with van der Waals surface area (Å²) in [5, 5.41) is 3.21. The Labute approximate surface area is 88.5 Å². The van der Waals surface area contributed by atoms with Gasteiger partial charge >= 0.3 is 0 Å². The minimum absolute atomic E-state index is 0.799. The summed E-state index contributed by atoms with van der Waals surface area (Å²) in [6.07, 6.45) is 4.05. The molecule has 1 aliphatic rings. The molecule has 1 fully saturated rings. The Balaban J connectivity index is 2.27. The molecule has 1 N–H and O–H groups in total. The van der Waals surface area contributed by atoms with Crippen LogP contribution in [0.5, 0.6) is 0 Å². The molecule has 84 valence electrons. The molecule has 0 aromatic heterocycles. The smallest absolute Gasteiger partial charge is 0.0107 e. The van der Waals surface area contributed by atoms with Gasteiger partial charge in [0, 0.05) is 19.1 Å². The maximum atomic E-state index is 3.21. The van der Waals surface area contributed by atoms with Crippen molar-refractivity contribution in [2.45, 2.75) is 25.3 Å². The molecule has 0 aromatic rings. The molecule has 3 nitrogen and oxygen atoms in total. The van der Waals surface area contributed by atoms with Gasteiger partial charge < -0.3 is 15.1 Å². The number of hydrogen-bond acceptors (Lipinski definition) is 3. The quantitative estimate of drug-likeness (QED) is 0.716. The molecule has 1 saturated heterocycles. The van der Waals surface area contributed by atoms with Gasteiger partial charge in [-0.05, 0) is 53.5 Å². The van der Waals surface area contributed by atoms with Crippen LogP contribution in [0.25, 0.3) is 0 Å². The molecular formula is C11H25N3. The van der Waals surface area contributed by atoms with Gasteiger partial charge in [-0.15, -0.1) is 0 Å². The summed E-state index contributed by atoms with van der Waals surface area (Å²) in [4.78, 5) is 4.96. The molecule has 0 amide bonds. The highest BCUT2D eigenvalue weighted by Gasteiger charge is 2.17. The van der Waals surface area contributed by atoms with Crippen molar-refractivity contribution in [1.82, 2.24) is 15.1 Å². The van der Waals surface area contributed by atoms with Crippen molar-refractivity contribution >= 4 is 0 Å². The van der Waals surface area contributed by atoms with Crippen LogP contribution in [0, 0.1) is 0 Å². The van der Waals surface area contributed by atoms with E-state index in [1.807, 2.05) is 7.05 Å². The van der Waals surface area contributed by atoms with Crippen LogP contribution < -0.4 is 5.32 Å². The molecule has 1 atom stereocenters. The van der Waals surface area contributed by atoms with Gasteiger partial charge in [0.1, 0.15) is 0 Å². The SMILES string of the molecule is CNCCN(C)C1CCCN(C)CC1. The second kappa shape index (κ2) is 6.38. The zero-order valence-electron chi connectivity index (χ0n) is 9.92. The highest BCUT2D eigenvalue weighted by molar-refractivity contribution is 4.74. The normalized spacial score (nSPS) is 25.3. The van der Waals surface area contributed by atoms with E-state index in [1.165, 1.54) is 38.9 Å². The predicted molar refractivity (Wildman–Crippen MR) is 61.7 cm³/mol. The van der Waals surface area contributed by atoms with Gasteiger partial charge in [0.25, 0.3) is 0 Å². The number of likely N-dealkylation sites (N-methyl/N-ethyl adjacent to an activating group) is 2. The summed E-state index contributed by atoms with van der Waals surface area (Å²) in [7, 11) is 6.51. The maximum absolute atomic E-state index is 3.21. The molecule has 1 aliphatic heterocycles. The highest BCUT2D eigenvalue weighted by Crippen LogP contribution is 2.14. The van der Waals surface area contributed by atoms with Crippen molar-refractivity contribution in [3.05, 3.63) is 0 Å². The van der Waals surface area contributed by atoms with Gasteiger partial charge in [0.15, 0.2) is 0 Å². The fourth-order valence-electron chi connectivity index (χ4n) is 2.13. The Bertz CT molecular complexity index is 149. The lowest BCUT2D eigenvalue weighted by Crippen LogP contribution is -2.36. The van der Waals surface area contributed by atoms with Crippen LogP contribution in [0.2, 0.25) is 0 Å². The van der Waals surface area contributed by atoms with Crippen LogP contribution in [0.4, 0.5) is 0 Å². The van der Waals surface area contributed by atoms with Crippen molar-refractivity contribution < 1.29 is 0 Å². The Morgan fingerprint density at radius 2 is 2.14 bits per heavy atom. The Kier molecular flexibility index (Phi) is 5.45. The molecule has 0 aliphatic carbocycles. The lowest BCUT2D eigenvalue weighted by atomic mass is 10.1. The zero-order chi connectivity index (χ0) is 10.4. The average molecular weight is 199 g/mol. The van der Waals surface area contributed by atoms with Gasteiger partial charge in [-0.2, -0.15) is 0 Å². The van der Waals surface area contributed by atoms with E-state index in [2.05, 4.69) is 29.2 Å². The van der Waals surface area contributed by atoms with Crippen LogP contribution in [0.1, 0.15) is 19.3 Å². The molecule has 3 heteroatoms. The molecule has 0 radical (unpaired) electrons. The first-order chi connectivity index (χ1) is 6.74. The van der Waals surface area contributed by atoms with Crippen LogP contribution in [-0.2, 0) is 0 Å². The minimum atomic E-state index is 0.799. The van der Waals surface area contributed by atoms with Crippen LogP contribution >= 0.6 is 0 Å². The third-order valence-electron chi connectivity index (χ3n) is 3.26. The van der Waals surface area contributed by atoms with Crippen molar-refractivity contribution in [1.29, 1.82) is 0 Å². The predicted octanol–water partition coefficient (Wildman–Crippen LogP) is 0.622. The van der Waals surface area contributed by atoms with E-state index in [4.69, 9.17) is 0 Å². The largest absolute Gasteiger partial charge is 0.318 e. The number of rotatable bonds is 4. The lowest BCUT2D eigenvalue weighted by Gasteiger charge is -2.26. The minimum Gasteiger partial charge on any atom is -0.318 e. The number of nitrogens with one attached hydrogen (secondary N) is 1. The molecule has 0 bridgehead atoms. The van der Waals surface area contributed by atoms with E-state index in [0.29, 0.717) is 0 Å². The monoisotopic (exact) mass is 199 g/mol. The van der Waals surface area contributed by atoms with Gasteiger partial charge in [-0.1, -0.05) is 0 Å². The highest BCUT2D eigenvalue weighted by atomic mass is 15.2. The fourth-order valence-corrected chi connectivity index (χ4v) is 2.13. The summed E-state index contributed by atoms with van der Waals surface area (Å²) >= 11 is 0. The van der Waals surface area contributed by atoms with Crippen molar-refractivity contribution in [3.63, 3.8) is 0 Å². The summed E-state index contributed by atoms with van der Waals surface area (Å²) < 4.78 is 0. The van der Waals surface area contributed by atoms with Crippen molar-refractivity contribution in [2.24, 2.45) is 0 Å². The molecule has 0 aromatic carbocycles. The summed E-state index contributed by atoms with van der Waals surface area (Å²) in [6, 6.07) is 0.799. The molecular weight excluding hydrogens is 174 g/mol. The van der Waals surface area contributed by atoms with E-state index in [-0.39, 0.29) is 0 Å². The fraction of sp³-hybridized carbons (Fsp3) is 1.00. The lowest BCUT2D eigenvalue weighted by molar-refractivity contribution is 0.221. The number of likely N-dealkylation sites (tertiary alicyclic amines) is 1. The summed E-state index contributed by atoms with van der Waals surface area (Å²) in [6.45, 7) is 4.80. The first-order valence-corrected chi connectivity index (χ1v) is 5.77. The van der Waals surface area contributed by atoms with Crippen LogP contribution in [-0.4, -0.2) is 63.2 Å². The topological polar surface area (TPSA) is 18.5 Å². The van der Waals surface area contributed by atoms with Gasteiger partial charge in [0.2, 0.25) is 0 Å². The zero-order valence-corrected chi connectivity index (χ0v) is 9.92. The number of hydrogen-bond donors (Lipinski definition) is 1. The first-order valence-electron chi connectivity index (χ1n) is 5.77. The Hall–Kier alpha value is -0.120. The third-order valence-corrected chi connectivity index (χ3v) is 3.26. The molecule has 1 heterocycles. The van der Waals surface area contributed by atoms with E-state index in [9.17, 15) is 0 Å². The van der Waals surface area contributed by atoms with E-state index in [1.54, 1.807) is 0 Å². The van der Waals surface area contributed by atoms with Gasteiger partial charge in [0.05, 0.1) is 0 Å². The first kappa shape index (κ1) is 12.0. The molecule has 0 saturated carbocycles. The summed E-state index contributed by atoms with van der Waals surface area (Å²) in [5.74, 6) is 0. The maximum Gasteiger partial charge on any atom is 0.0107 e. The van der Waals surface area contributed by atoms with Gasteiger partial charge in [-0.3, -0.25) is 0 Å². The van der Waals surface area contributed by atoms with Crippen molar-refractivity contribution in [2.75, 3.05) is 47.3 Å². The standard InChI is InChI=1S/C11H25N3/c1-12-7-10-14(3)11-5-4-8-13(2)9-6-11/h11-12H,4-10H2,1-3H3. The molecule has 1 unspecified atom stereocenters. The van der Waals surface area contributed by atoms with E-state index >= 15 is 0 Å². The number of nitrogens with zero attached hydrogens (tertiary/aromatic N) is 2. The Morgan fingerprint density at radius 1 is 1.36 bits per heavy atom. The second-order valence-electron chi connectivity index (χ2n) is 4.47. The van der Waals surface area contributed by atoms with Gasteiger partial charge in [-0.25, -0.2) is 0 Å². The van der Waals surface area contributed by atoms with Crippen LogP contribution in [0.15, 0.2) is 0 Å². The molecule has 0 spiro atoms.